The molecule has 1 aromatic rings. The Bertz CT molecular complexity index is 406. The number of nitriles is 1. The Balaban J connectivity index is 2.58. The van der Waals surface area contributed by atoms with E-state index in [1.54, 1.807) is 0 Å². The van der Waals surface area contributed by atoms with E-state index in [-0.39, 0.29) is 11.5 Å². The Morgan fingerprint density at radius 2 is 1.78 bits per heavy atom. The summed E-state index contributed by atoms with van der Waals surface area (Å²) in [5.41, 5.74) is 2.91. The smallest absolute Gasteiger partial charge is 0.0946 e. The van der Waals surface area contributed by atoms with Gasteiger partial charge in [-0.1, -0.05) is 45.0 Å². The molecule has 0 saturated carbocycles. The largest absolute Gasteiger partial charge is 0.291 e. The summed E-state index contributed by atoms with van der Waals surface area (Å²) in [6, 6.07) is 11.1. The Morgan fingerprint density at radius 1 is 1.22 bits per heavy atom. The highest BCUT2D eigenvalue weighted by Gasteiger charge is 2.13. The molecule has 0 fully saturated rings. The van der Waals surface area contributed by atoms with E-state index in [0.29, 0.717) is 0 Å². The van der Waals surface area contributed by atoms with Crippen LogP contribution in [-0.4, -0.2) is 24.5 Å². The molecular formula is C16H24N2. The molecular weight excluding hydrogens is 220 g/mol. The molecule has 0 radical (unpaired) electrons. The third-order valence-electron chi connectivity index (χ3n) is 3.42. The monoisotopic (exact) mass is 244 g/mol. The summed E-state index contributed by atoms with van der Waals surface area (Å²) in [6.07, 6.45) is 0.993. The van der Waals surface area contributed by atoms with Crippen molar-refractivity contribution < 1.29 is 0 Å². The Morgan fingerprint density at radius 3 is 2.22 bits per heavy atom. The number of rotatable bonds is 4. The zero-order valence-corrected chi connectivity index (χ0v) is 12.2. The van der Waals surface area contributed by atoms with Gasteiger partial charge < -0.3 is 0 Å². The van der Waals surface area contributed by atoms with Crippen molar-refractivity contribution in [1.29, 1.82) is 5.26 Å². The molecule has 1 aromatic carbocycles. The van der Waals surface area contributed by atoms with Crippen LogP contribution in [0, 0.1) is 11.3 Å². The minimum absolute atomic E-state index is 0.0150. The van der Waals surface area contributed by atoms with Crippen LogP contribution in [0.5, 0.6) is 0 Å². The van der Waals surface area contributed by atoms with Crippen molar-refractivity contribution in [2.45, 2.75) is 45.6 Å². The summed E-state index contributed by atoms with van der Waals surface area (Å²) in [5.74, 6) is 0. The van der Waals surface area contributed by atoms with Crippen LogP contribution in [0.25, 0.3) is 0 Å². The van der Waals surface area contributed by atoms with Gasteiger partial charge >= 0.3 is 0 Å². The third kappa shape index (κ3) is 4.16. The summed E-state index contributed by atoms with van der Waals surface area (Å²) in [7, 11) is 2.00. The first-order valence-electron chi connectivity index (χ1n) is 6.54. The van der Waals surface area contributed by atoms with Gasteiger partial charge in [0.1, 0.15) is 0 Å². The highest BCUT2D eigenvalue weighted by Crippen LogP contribution is 2.22. The fraction of sp³-hybridized carbons (Fsp3) is 0.562. The van der Waals surface area contributed by atoms with E-state index in [0.717, 1.165) is 13.0 Å². The van der Waals surface area contributed by atoms with Crippen molar-refractivity contribution in [3.05, 3.63) is 35.4 Å². The van der Waals surface area contributed by atoms with Crippen molar-refractivity contribution in [2.75, 3.05) is 13.6 Å². The zero-order valence-electron chi connectivity index (χ0n) is 12.2. The molecule has 1 rings (SSSR count). The highest BCUT2D eigenvalue weighted by atomic mass is 15.1. The first kappa shape index (κ1) is 14.7. The van der Waals surface area contributed by atoms with Crippen LogP contribution in [0.15, 0.2) is 24.3 Å². The molecule has 0 aliphatic carbocycles. The van der Waals surface area contributed by atoms with Crippen molar-refractivity contribution in [3.8, 4) is 6.07 Å². The van der Waals surface area contributed by atoms with Gasteiger partial charge in [-0.15, -0.1) is 0 Å². The van der Waals surface area contributed by atoms with Crippen LogP contribution >= 0.6 is 0 Å². The highest BCUT2D eigenvalue weighted by molar-refractivity contribution is 5.27. The number of nitrogens with zero attached hydrogens (tertiary/aromatic N) is 2. The van der Waals surface area contributed by atoms with Gasteiger partial charge in [-0.05, 0) is 36.9 Å². The maximum Gasteiger partial charge on any atom is 0.0946 e. The number of likely N-dealkylation sites (N-methyl/N-ethyl adjacent to an activating group) is 1. The summed E-state index contributed by atoms with van der Waals surface area (Å²) in [5, 5.41) is 8.84. The molecule has 0 spiro atoms. The fourth-order valence-electron chi connectivity index (χ4n) is 1.77. The lowest BCUT2D eigenvalue weighted by molar-refractivity contribution is 0.306. The molecule has 0 saturated heterocycles. The average molecular weight is 244 g/mol. The predicted molar refractivity (Wildman–Crippen MR) is 76.6 cm³/mol. The van der Waals surface area contributed by atoms with Gasteiger partial charge in [-0.25, -0.2) is 0 Å². The van der Waals surface area contributed by atoms with E-state index < -0.39 is 0 Å². The molecule has 1 atom stereocenters. The minimum atomic E-state index is -0.0150. The lowest BCUT2D eigenvalue weighted by atomic mass is 9.86. The summed E-state index contributed by atoms with van der Waals surface area (Å²) in [6.45, 7) is 9.53. The molecule has 2 nitrogen and oxygen atoms in total. The lowest BCUT2D eigenvalue weighted by Crippen LogP contribution is -2.29. The Labute approximate surface area is 111 Å². The second kappa shape index (κ2) is 6.02. The summed E-state index contributed by atoms with van der Waals surface area (Å²) in [4.78, 5) is 2.08. The van der Waals surface area contributed by atoms with E-state index in [2.05, 4.69) is 56.0 Å². The van der Waals surface area contributed by atoms with Crippen molar-refractivity contribution in [3.63, 3.8) is 0 Å². The van der Waals surface area contributed by atoms with Crippen molar-refractivity contribution in [2.24, 2.45) is 0 Å². The van der Waals surface area contributed by atoms with Gasteiger partial charge in [0.05, 0.1) is 12.1 Å². The molecule has 0 aliphatic heterocycles. The molecule has 0 aromatic heterocycles. The topological polar surface area (TPSA) is 27.0 Å². The van der Waals surface area contributed by atoms with E-state index >= 15 is 0 Å². The van der Waals surface area contributed by atoms with Crippen molar-refractivity contribution >= 4 is 0 Å². The second-order valence-corrected chi connectivity index (χ2v) is 5.98. The molecule has 0 amide bonds. The second-order valence-electron chi connectivity index (χ2n) is 5.98. The van der Waals surface area contributed by atoms with Gasteiger partial charge in [0.2, 0.25) is 0 Å². The van der Waals surface area contributed by atoms with E-state index in [4.69, 9.17) is 5.26 Å². The zero-order chi connectivity index (χ0) is 13.8. The van der Waals surface area contributed by atoms with Crippen LogP contribution < -0.4 is 0 Å². The van der Waals surface area contributed by atoms with E-state index in [1.165, 1.54) is 11.1 Å². The maximum atomic E-state index is 8.84. The van der Waals surface area contributed by atoms with Gasteiger partial charge in [-0.3, -0.25) is 4.90 Å². The molecule has 0 heterocycles. The maximum absolute atomic E-state index is 8.84. The standard InChI is InChI=1S/C16H24N2/c1-13(12-17)18(5)11-10-14-6-8-15(9-7-14)16(2,3)4/h6-9,13H,10-11H2,1-5H3. The van der Waals surface area contributed by atoms with E-state index in [1.807, 2.05) is 14.0 Å². The van der Waals surface area contributed by atoms with E-state index in [9.17, 15) is 0 Å². The fourth-order valence-corrected chi connectivity index (χ4v) is 1.77. The Kier molecular flexibility index (Phi) is 4.93. The number of hydrogen-bond acceptors (Lipinski definition) is 2. The SMILES string of the molecule is CC(C#N)N(C)CCc1ccc(C(C)(C)C)cc1. The lowest BCUT2D eigenvalue weighted by Gasteiger charge is -2.20. The number of hydrogen-bond donors (Lipinski definition) is 0. The van der Waals surface area contributed by atoms with Gasteiger partial charge in [-0.2, -0.15) is 5.26 Å². The quantitative estimate of drug-likeness (QED) is 0.812. The van der Waals surface area contributed by atoms with Gasteiger partial charge in [0, 0.05) is 6.54 Å². The third-order valence-corrected chi connectivity index (χ3v) is 3.42. The predicted octanol–water partition coefficient (Wildman–Crippen LogP) is 3.37. The first-order valence-corrected chi connectivity index (χ1v) is 6.54. The summed E-state index contributed by atoms with van der Waals surface area (Å²) < 4.78 is 0. The van der Waals surface area contributed by atoms with Crippen LogP contribution in [0.2, 0.25) is 0 Å². The van der Waals surface area contributed by atoms with Crippen LogP contribution in [-0.2, 0) is 11.8 Å². The molecule has 0 aliphatic rings. The van der Waals surface area contributed by atoms with Gasteiger partial charge in [0.15, 0.2) is 0 Å². The minimum Gasteiger partial charge on any atom is -0.291 e. The van der Waals surface area contributed by atoms with Crippen molar-refractivity contribution in [1.82, 2.24) is 4.90 Å². The molecule has 0 N–H and O–H groups in total. The Hall–Kier alpha value is -1.33. The summed E-state index contributed by atoms with van der Waals surface area (Å²) >= 11 is 0. The average Bonchev–Trinajstić information content (AvgIpc) is 2.34. The van der Waals surface area contributed by atoms with Crippen LogP contribution in [0.1, 0.15) is 38.8 Å². The van der Waals surface area contributed by atoms with Gasteiger partial charge in [0.25, 0.3) is 0 Å². The first-order chi connectivity index (χ1) is 8.34. The molecule has 18 heavy (non-hydrogen) atoms. The molecule has 98 valence electrons. The molecule has 1 unspecified atom stereocenters. The normalized spacial score (nSPS) is 13.4. The van der Waals surface area contributed by atoms with Crippen LogP contribution in [0.4, 0.5) is 0 Å². The molecule has 2 heteroatoms. The molecule has 0 bridgehead atoms. The van der Waals surface area contributed by atoms with Crippen LogP contribution in [0.3, 0.4) is 0 Å². The number of benzene rings is 1.